The number of aromatic hydroxyl groups is 1. The first-order chi connectivity index (χ1) is 14.1. The van der Waals surface area contributed by atoms with Crippen molar-refractivity contribution in [3.63, 3.8) is 0 Å². The van der Waals surface area contributed by atoms with Crippen molar-refractivity contribution >= 4 is 11.0 Å². The number of benzene rings is 2. The van der Waals surface area contributed by atoms with E-state index in [9.17, 15) is 9.90 Å². The van der Waals surface area contributed by atoms with E-state index in [0.717, 1.165) is 55.3 Å². The maximum Gasteiger partial charge on any atom is 0.344 e. The summed E-state index contributed by atoms with van der Waals surface area (Å²) in [5.74, 6) is 0.186. The van der Waals surface area contributed by atoms with Gasteiger partial charge in [-0.2, -0.15) is 0 Å². The van der Waals surface area contributed by atoms with E-state index in [-0.39, 0.29) is 11.4 Å². The normalized spacial score (nSPS) is 11.4. The summed E-state index contributed by atoms with van der Waals surface area (Å²) >= 11 is 0. The number of fused-ring (bicyclic) bond motifs is 1. The molecule has 0 saturated carbocycles. The summed E-state index contributed by atoms with van der Waals surface area (Å²) in [5.41, 5.74) is 3.17. The van der Waals surface area contributed by atoms with Gasteiger partial charge >= 0.3 is 5.63 Å². The number of phenols is 1. The number of rotatable bonds is 9. The van der Waals surface area contributed by atoms with Crippen molar-refractivity contribution < 1.29 is 9.52 Å². The van der Waals surface area contributed by atoms with Crippen LogP contribution in [0.25, 0.3) is 22.1 Å². The molecule has 3 rings (SSSR count). The van der Waals surface area contributed by atoms with Gasteiger partial charge in [-0.3, -0.25) is 4.90 Å². The maximum absolute atomic E-state index is 12.9. The zero-order valence-corrected chi connectivity index (χ0v) is 17.7. The minimum Gasteiger partial charge on any atom is -0.507 e. The van der Waals surface area contributed by atoms with Crippen molar-refractivity contribution in [3.8, 4) is 16.9 Å². The highest BCUT2D eigenvalue weighted by molar-refractivity contribution is 5.89. The molecule has 0 amide bonds. The van der Waals surface area contributed by atoms with Crippen LogP contribution in [0.15, 0.2) is 51.7 Å². The largest absolute Gasteiger partial charge is 0.507 e. The van der Waals surface area contributed by atoms with Gasteiger partial charge in [0.2, 0.25) is 0 Å². The van der Waals surface area contributed by atoms with Crippen LogP contribution in [0.3, 0.4) is 0 Å². The number of hydrogen-bond donors (Lipinski definition) is 1. The van der Waals surface area contributed by atoms with Gasteiger partial charge in [0.15, 0.2) is 0 Å². The number of aryl methyl sites for hydroxylation is 1. The average Bonchev–Trinajstić information content (AvgIpc) is 2.72. The van der Waals surface area contributed by atoms with E-state index in [0.29, 0.717) is 23.3 Å². The van der Waals surface area contributed by atoms with E-state index in [1.54, 1.807) is 6.07 Å². The molecular formula is C25H31NO3. The summed E-state index contributed by atoms with van der Waals surface area (Å²) in [7, 11) is 0. The Bertz CT molecular complexity index is 1000. The number of hydrogen-bond acceptors (Lipinski definition) is 4. The lowest BCUT2D eigenvalue weighted by Crippen LogP contribution is -2.26. The Labute approximate surface area is 172 Å². The molecule has 1 N–H and O–H groups in total. The van der Waals surface area contributed by atoms with Gasteiger partial charge in [-0.1, -0.05) is 57.0 Å². The summed E-state index contributed by atoms with van der Waals surface area (Å²) in [6.07, 6.45) is 4.46. The van der Waals surface area contributed by atoms with Crippen LogP contribution in [0, 0.1) is 6.92 Å². The van der Waals surface area contributed by atoms with Crippen molar-refractivity contribution in [1.82, 2.24) is 4.90 Å². The van der Waals surface area contributed by atoms with Crippen LogP contribution in [0.4, 0.5) is 0 Å². The first-order valence-electron chi connectivity index (χ1n) is 10.6. The quantitative estimate of drug-likeness (QED) is 0.462. The van der Waals surface area contributed by atoms with Crippen molar-refractivity contribution in [2.24, 2.45) is 0 Å². The standard InChI is InChI=1S/C25H31NO3/c1-4-6-15-26(16-7-5-2)17-21-22(27)14-13-20-18(3)23(25(28)29-24(20)21)19-11-9-8-10-12-19/h8-14,27H,4-7,15-17H2,1-3H3. The molecule has 0 bridgehead atoms. The molecular weight excluding hydrogens is 362 g/mol. The topological polar surface area (TPSA) is 53.7 Å². The summed E-state index contributed by atoms with van der Waals surface area (Å²) in [5, 5.41) is 11.5. The van der Waals surface area contributed by atoms with Gasteiger partial charge in [-0.25, -0.2) is 4.79 Å². The summed E-state index contributed by atoms with van der Waals surface area (Å²) in [6, 6.07) is 13.2. The first-order valence-corrected chi connectivity index (χ1v) is 10.6. The van der Waals surface area contributed by atoms with Gasteiger partial charge in [0.1, 0.15) is 11.3 Å². The van der Waals surface area contributed by atoms with Crippen LogP contribution in [0.1, 0.15) is 50.7 Å². The Morgan fingerprint density at radius 1 is 0.966 bits per heavy atom. The van der Waals surface area contributed by atoms with Gasteiger partial charge in [0, 0.05) is 11.9 Å². The SMILES string of the molecule is CCCCN(CCCC)Cc1c(O)ccc2c(C)c(-c3ccccc3)c(=O)oc12. The summed E-state index contributed by atoms with van der Waals surface area (Å²) in [4.78, 5) is 15.2. The molecule has 0 aliphatic carbocycles. The summed E-state index contributed by atoms with van der Waals surface area (Å²) in [6.45, 7) is 8.83. The van der Waals surface area contributed by atoms with E-state index in [1.165, 1.54) is 0 Å². The van der Waals surface area contributed by atoms with Crippen molar-refractivity contribution in [2.45, 2.75) is 53.0 Å². The molecule has 4 nitrogen and oxygen atoms in total. The van der Waals surface area contributed by atoms with E-state index >= 15 is 0 Å². The van der Waals surface area contributed by atoms with Crippen molar-refractivity contribution in [2.75, 3.05) is 13.1 Å². The van der Waals surface area contributed by atoms with Gasteiger partial charge in [-0.15, -0.1) is 0 Å². The average molecular weight is 394 g/mol. The Balaban J connectivity index is 2.08. The summed E-state index contributed by atoms with van der Waals surface area (Å²) < 4.78 is 5.81. The van der Waals surface area contributed by atoms with Crippen LogP contribution >= 0.6 is 0 Å². The molecule has 0 aliphatic rings. The van der Waals surface area contributed by atoms with Crippen LogP contribution in [0.5, 0.6) is 5.75 Å². The highest BCUT2D eigenvalue weighted by Crippen LogP contribution is 2.33. The Kier molecular flexibility index (Phi) is 7.10. The fourth-order valence-corrected chi connectivity index (χ4v) is 3.81. The van der Waals surface area contributed by atoms with E-state index in [1.807, 2.05) is 43.3 Å². The van der Waals surface area contributed by atoms with Crippen molar-refractivity contribution in [1.29, 1.82) is 0 Å². The lowest BCUT2D eigenvalue weighted by atomic mass is 9.98. The molecule has 0 saturated heterocycles. The monoisotopic (exact) mass is 393 g/mol. The minimum atomic E-state index is -0.360. The van der Waals surface area contributed by atoms with Gasteiger partial charge in [0.25, 0.3) is 0 Å². The minimum absolute atomic E-state index is 0.186. The third-order valence-corrected chi connectivity index (χ3v) is 5.51. The molecule has 0 aliphatic heterocycles. The second-order valence-electron chi connectivity index (χ2n) is 7.68. The third kappa shape index (κ3) is 4.70. The molecule has 0 atom stereocenters. The molecule has 1 heterocycles. The lowest BCUT2D eigenvalue weighted by Gasteiger charge is -2.23. The zero-order chi connectivity index (χ0) is 20.8. The van der Waals surface area contributed by atoms with Crippen LogP contribution in [-0.2, 0) is 6.54 Å². The molecule has 29 heavy (non-hydrogen) atoms. The first kappa shape index (κ1) is 21.1. The molecule has 1 aromatic heterocycles. The predicted molar refractivity (Wildman–Crippen MR) is 119 cm³/mol. The third-order valence-electron chi connectivity index (χ3n) is 5.51. The van der Waals surface area contributed by atoms with Crippen LogP contribution < -0.4 is 5.63 Å². The smallest absolute Gasteiger partial charge is 0.344 e. The molecule has 2 aromatic carbocycles. The molecule has 4 heteroatoms. The number of unbranched alkanes of at least 4 members (excludes halogenated alkanes) is 2. The molecule has 0 radical (unpaired) electrons. The number of phenolic OH excluding ortho intramolecular Hbond substituents is 1. The van der Waals surface area contributed by atoms with Crippen LogP contribution in [-0.4, -0.2) is 23.1 Å². The highest BCUT2D eigenvalue weighted by atomic mass is 16.4. The Morgan fingerprint density at radius 2 is 1.62 bits per heavy atom. The maximum atomic E-state index is 12.9. The molecule has 0 unspecified atom stereocenters. The highest BCUT2D eigenvalue weighted by Gasteiger charge is 2.19. The van der Waals surface area contributed by atoms with Crippen LogP contribution in [0.2, 0.25) is 0 Å². The lowest BCUT2D eigenvalue weighted by molar-refractivity contribution is 0.253. The molecule has 0 spiro atoms. The fraction of sp³-hybridized carbons (Fsp3) is 0.400. The van der Waals surface area contributed by atoms with E-state index in [2.05, 4.69) is 18.7 Å². The Hall–Kier alpha value is -2.59. The van der Waals surface area contributed by atoms with Gasteiger partial charge < -0.3 is 9.52 Å². The molecule has 0 fully saturated rings. The molecule has 3 aromatic rings. The van der Waals surface area contributed by atoms with E-state index < -0.39 is 0 Å². The second kappa shape index (κ2) is 9.75. The second-order valence-corrected chi connectivity index (χ2v) is 7.68. The molecule has 154 valence electrons. The van der Waals surface area contributed by atoms with Gasteiger partial charge in [-0.05, 0) is 56.1 Å². The van der Waals surface area contributed by atoms with E-state index in [4.69, 9.17) is 4.42 Å². The number of nitrogens with zero attached hydrogens (tertiary/aromatic N) is 1. The van der Waals surface area contributed by atoms with Crippen molar-refractivity contribution in [3.05, 3.63) is 64.0 Å². The van der Waals surface area contributed by atoms with Gasteiger partial charge in [0.05, 0.1) is 11.1 Å². The Morgan fingerprint density at radius 3 is 2.24 bits per heavy atom. The zero-order valence-electron chi connectivity index (χ0n) is 17.7. The predicted octanol–water partition coefficient (Wildman–Crippen LogP) is 5.88. The fourth-order valence-electron chi connectivity index (χ4n) is 3.81.